The minimum absolute atomic E-state index is 0.308. The van der Waals surface area contributed by atoms with Gasteiger partial charge in [0.15, 0.2) is 0 Å². The minimum atomic E-state index is -0.682. The lowest BCUT2D eigenvalue weighted by atomic mass is 10.1. The Balaban J connectivity index is 1.51. The maximum Gasteiger partial charge on any atom is 0.303 e. The third-order valence-corrected chi connectivity index (χ3v) is 4.17. The van der Waals surface area contributed by atoms with Crippen LogP contribution < -0.4 is 5.32 Å². The third-order valence-electron chi connectivity index (χ3n) is 4.17. The largest absolute Gasteiger partial charge is 0.481 e. The van der Waals surface area contributed by atoms with Gasteiger partial charge in [-0.25, -0.2) is 9.97 Å². The van der Waals surface area contributed by atoms with Crippen molar-refractivity contribution >= 4 is 22.8 Å². The average molecular weight is 332 g/mol. The minimum Gasteiger partial charge on any atom is -0.481 e. The molecule has 0 atom stereocenters. The van der Waals surface area contributed by atoms with E-state index in [1.165, 1.54) is 25.7 Å². The number of aliphatic carboxylic acids is 1. The lowest BCUT2D eigenvalue weighted by molar-refractivity contribution is -0.137. The predicted octanol–water partition coefficient (Wildman–Crippen LogP) is 4.27. The monoisotopic (exact) mass is 332 g/mol. The predicted molar refractivity (Wildman–Crippen MR) is 96.3 cm³/mol. The fourth-order valence-corrected chi connectivity index (χ4v) is 2.88. The second kappa shape index (κ2) is 9.90. The van der Waals surface area contributed by atoms with Crippen LogP contribution in [0.15, 0.2) is 12.4 Å². The van der Waals surface area contributed by atoms with Gasteiger partial charge in [0.2, 0.25) is 0 Å². The summed E-state index contributed by atoms with van der Waals surface area (Å²) in [5.74, 6) is 0.223. The molecular formula is C18H28N4O2. The first kappa shape index (κ1) is 18.2. The van der Waals surface area contributed by atoms with Gasteiger partial charge in [0.1, 0.15) is 17.8 Å². The molecule has 24 heavy (non-hydrogen) atoms. The van der Waals surface area contributed by atoms with Crippen LogP contribution in [0.3, 0.4) is 0 Å². The summed E-state index contributed by atoms with van der Waals surface area (Å²) in [4.78, 5) is 22.2. The number of unbranched alkanes of at least 4 members (excludes halogenated alkanes) is 7. The van der Waals surface area contributed by atoms with Crippen LogP contribution in [0.25, 0.3) is 11.0 Å². The molecule has 3 N–H and O–H groups in total. The first-order valence-electron chi connectivity index (χ1n) is 8.93. The number of fused-ring (bicyclic) bond motifs is 1. The number of carbonyl (C=O) groups is 1. The number of rotatable bonds is 12. The first-order chi connectivity index (χ1) is 11.7. The zero-order chi connectivity index (χ0) is 17.2. The van der Waals surface area contributed by atoms with Crippen molar-refractivity contribution in [3.63, 3.8) is 0 Å². The molecule has 0 unspecified atom stereocenters. The molecule has 0 spiro atoms. The lowest BCUT2D eigenvalue weighted by Crippen LogP contribution is -2.03. The molecule has 2 aromatic heterocycles. The number of aryl methyl sites for hydroxylation is 1. The molecule has 2 aromatic rings. The van der Waals surface area contributed by atoms with Crippen molar-refractivity contribution in [3.05, 3.63) is 18.1 Å². The fourth-order valence-electron chi connectivity index (χ4n) is 2.88. The molecule has 0 saturated heterocycles. The van der Waals surface area contributed by atoms with Crippen LogP contribution in [-0.2, 0) is 4.79 Å². The molecule has 6 heteroatoms. The summed E-state index contributed by atoms with van der Waals surface area (Å²) < 4.78 is 0. The Morgan fingerprint density at radius 2 is 1.75 bits per heavy atom. The van der Waals surface area contributed by atoms with Gasteiger partial charge in [0.05, 0.1) is 5.39 Å². The molecule has 6 nitrogen and oxygen atoms in total. The Morgan fingerprint density at radius 3 is 2.46 bits per heavy atom. The zero-order valence-corrected chi connectivity index (χ0v) is 14.5. The SMILES string of the molecule is Cc1cc2c(NCCCCCCCCCCC(=O)O)ncnc2[nH]1. The zero-order valence-electron chi connectivity index (χ0n) is 14.5. The van der Waals surface area contributed by atoms with Gasteiger partial charge in [0, 0.05) is 18.7 Å². The summed E-state index contributed by atoms with van der Waals surface area (Å²) in [5.41, 5.74) is 1.98. The number of aromatic nitrogens is 3. The summed E-state index contributed by atoms with van der Waals surface area (Å²) in [6, 6.07) is 2.07. The number of carboxylic acids is 1. The number of hydrogen-bond acceptors (Lipinski definition) is 4. The van der Waals surface area contributed by atoms with Crippen molar-refractivity contribution in [2.75, 3.05) is 11.9 Å². The smallest absolute Gasteiger partial charge is 0.303 e. The molecule has 0 amide bonds. The summed E-state index contributed by atoms with van der Waals surface area (Å²) in [6.45, 7) is 2.95. The van der Waals surface area contributed by atoms with Gasteiger partial charge in [-0.2, -0.15) is 0 Å². The Kier molecular flexibility index (Phi) is 7.52. The number of carboxylic acid groups (broad SMARTS) is 1. The maximum absolute atomic E-state index is 10.4. The van der Waals surface area contributed by atoms with E-state index in [1.54, 1.807) is 6.33 Å². The molecule has 0 aliphatic rings. The van der Waals surface area contributed by atoms with Crippen molar-refractivity contribution in [1.82, 2.24) is 15.0 Å². The topological polar surface area (TPSA) is 90.9 Å². The second-order valence-corrected chi connectivity index (χ2v) is 6.34. The molecule has 0 aliphatic carbocycles. The molecule has 0 saturated carbocycles. The second-order valence-electron chi connectivity index (χ2n) is 6.34. The van der Waals surface area contributed by atoms with E-state index in [0.717, 1.165) is 54.8 Å². The summed E-state index contributed by atoms with van der Waals surface area (Å²) >= 11 is 0. The van der Waals surface area contributed by atoms with E-state index in [0.29, 0.717) is 6.42 Å². The molecular weight excluding hydrogens is 304 g/mol. The Bertz CT molecular complexity index is 639. The van der Waals surface area contributed by atoms with Gasteiger partial charge in [-0.15, -0.1) is 0 Å². The molecule has 0 aliphatic heterocycles. The van der Waals surface area contributed by atoms with Crippen molar-refractivity contribution in [3.8, 4) is 0 Å². The molecule has 0 fully saturated rings. The van der Waals surface area contributed by atoms with E-state index in [1.807, 2.05) is 6.92 Å². The Labute approximate surface area is 143 Å². The molecule has 0 radical (unpaired) electrons. The maximum atomic E-state index is 10.4. The highest BCUT2D eigenvalue weighted by Gasteiger charge is 2.05. The van der Waals surface area contributed by atoms with Crippen LogP contribution in [-0.4, -0.2) is 32.6 Å². The summed E-state index contributed by atoms with van der Waals surface area (Å²) in [7, 11) is 0. The van der Waals surface area contributed by atoms with E-state index in [4.69, 9.17) is 5.11 Å². The fraction of sp³-hybridized carbons (Fsp3) is 0.611. The molecule has 2 rings (SSSR count). The average Bonchev–Trinajstić information content (AvgIpc) is 2.93. The van der Waals surface area contributed by atoms with E-state index in [-0.39, 0.29) is 0 Å². The number of hydrogen-bond donors (Lipinski definition) is 3. The highest BCUT2D eigenvalue weighted by Crippen LogP contribution is 2.19. The Morgan fingerprint density at radius 1 is 1.08 bits per heavy atom. The van der Waals surface area contributed by atoms with Crippen molar-refractivity contribution in [2.24, 2.45) is 0 Å². The number of nitrogens with zero attached hydrogens (tertiary/aromatic N) is 2. The van der Waals surface area contributed by atoms with Crippen LogP contribution in [0.5, 0.6) is 0 Å². The van der Waals surface area contributed by atoms with Crippen LogP contribution >= 0.6 is 0 Å². The summed E-state index contributed by atoms with van der Waals surface area (Å²) in [5, 5.41) is 13.0. The highest BCUT2D eigenvalue weighted by atomic mass is 16.4. The van der Waals surface area contributed by atoms with Gasteiger partial charge < -0.3 is 15.4 Å². The number of anilines is 1. The number of aromatic amines is 1. The molecule has 2 heterocycles. The number of H-pyrrole nitrogens is 1. The van der Waals surface area contributed by atoms with Crippen LogP contribution in [0.4, 0.5) is 5.82 Å². The van der Waals surface area contributed by atoms with Gasteiger partial charge in [-0.3, -0.25) is 4.79 Å². The van der Waals surface area contributed by atoms with Gasteiger partial charge in [-0.05, 0) is 25.8 Å². The highest BCUT2D eigenvalue weighted by molar-refractivity contribution is 5.87. The van der Waals surface area contributed by atoms with Gasteiger partial charge in [-0.1, -0.05) is 38.5 Å². The van der Waals surface area contributed by atoms with Crippen molar-refractivity contribution < 1.29 is 9.90 Å². The van der Waals surface area contributed by atoms with Crippen molar-refractivity contribution in [2.45, 2.75) is 64.7 Å². The quantitative estimate of drug-likeness (QED) is 0.505. The van der Waals surface area contributed by atoms with Crippen LogP contribution in [0.2, 0.25) is 0 Å². The Hall–Kier alpha value is -2.11. The summed E-state index contributed by atoms with van der Waals surface area (Å²) in [6.07, 6.45) is 10.9. The normalized spacial score (nSPS) is 11.0. The standard InChI is InChI=1S/C18H28N4O2/c1-14-12-15-17(20-13-21-18(15)22-14)19-11-9-7-5-3-2-4-6-8-10-16(23)24/h12-13H,2-11H2,1H3,(H,23,24)(H2,19,20,21,22). The van der Waals surface area contributed by atoms with E-state index >= 15 is 0 Å². The third kappa shape index (κ3) is 6.18. The van der Waals surface area contributed by atoms with Gasteiger partial charge in [0.25, 0.3) is 0 Å². The van der Waals surface area contributed by atoms with E-state index in [2.05, 4.69) is 26.3 Å². The van der Waals surface area contributed by atoms with E-state index < -0.39 is 5.97 Å². The first-order valence-corrected chi connectivity index (χ1v) is 8.93. The van der Waals surface area contributed by atoms with Gasteiger partial charge >= 0.3 is 5.97 Å². The molecule has 132 valence electrons. The molecule has 0 bridgehead atoms. The lowest BCUT2D eigenvalue weighted by Gasteiger charge is -2.06. The van der Waals surface area contributed by atoms with E-state index in [9.17, 15) is 4.79 Å². The van der Waals surface area contributed by atoms with Crippen LogP contribution in [0.1, 0.15) is 63.5 Å². The number of nitrogens with one attached hydrogen (secondary N) is 2. The van der Waals surface area contributed by atoms with Crippen molar-refractivity contribution in [1.29, 1.82) is 0 Å². The van der Waals surface area contributed by atoms with Crippen LogP contribution in [0, 0.1) is 6.92 Å². The molecule has 0 aromatic carbocycles.